The van der Waals surface area contributed by atoms with Crippen molar-refractivity contribution < 1.29 is 37.0 Å². The Bertz CT molecular complexity index is 337. The summed E-state index contributed by atoms with van der Waals surface area (Å²) in [6, 6.07) is 0. The van der Waals surface area contributed by atoms with E-state index in [1.807, 2.05) is 0 Å². The largest absolute Gasteiger partial charge is 2.00 e. The molecule has 0 fully saturated rings. The van der Waals surface area contributed by atoms with Crippen LogP contribution in [0.1, 0.15) is 142 Å². The first kappa shape index (κ1) is 36.4. The first-order valence-corrected chi connectivity index (χ1v) is 15.1. The van der Waals surface area contributed by atoms with Gasteiger partial charge in [-0.25, -0.2) is 0 Å². The van der Waals surface area contributed by atoms with Crippen molar-refractivity contribution >= 4 is 22.2 Å². The van der Waals surface area contributed by atoms with Crippen LogP contribution in [0.2, 0.25) is 0 Å². The summed E-state index contributed by atoms with van der Waals surface area (Å²) in [4.78, 5) is 0. The van der Waals surface area contributed by atoms with E-state index in [0.29, 0.717) is 11.5 Å². The number of hydrogen-bond acceptors (Lipinski definition) is 4. The molecule has 0 bridgehead atoms. The van der Waals surface area contributed by atoms with E-state index < -0.39 is 22.2 Å². The quantitative estimate of drug-likeness (QED) is 0.0819. The molecule has 0 aromatic rings. The SMILES string of the molecule is CCCCCCCCCCCCS(=O)[O-].CCCCCCCCCCCCS(=O)[O-].[Zn+2]. The molecule has 0 N–H and O–H groups in total. The maximum Gasteiger partial charge on any atom is 2.00 e. The minimum absolute atomic E-state index is 0. The molecule has 0 radical (unpaired) electrons. The van der Waals surface area contributed by atoms with Crippen LogP contribution in [0.5, 0.6) is 0 Å². The number of hydrogen-bond donors (Lipinski definition) is 0. The van der Waals surface area contributed by atoms with Crippen molar-refractivity contribution in [3.8, 4) is 0 Å². The molecule has 2 atom stereocenters. The van der Waals surface area contributed by atoms with Crippen LogP contribution in [-0.2, 0) is 41.6 Å². The van der Waals surface area contributed by atoms with Gasteiger partial charge in [0.25, 0.3) is 0 Å². The van der Waals surface area contributed by atoms with Gasteiger partial charge in [0.2, 0.25) is 0 Å². The maximum absolute atomic E-state index is 10.2. The van der Waals surface area contributed by atoms with Crippen LogP contribution in [0.25, 0.3) is 0 Å². The minimum Gasteiger partial charge on any atom is -0.772 e. The molecule has 0 aliphatic carbocycles. The first-order chi connectivity index (χ1) is 14.5. The number of unbranched alkanes of at least 4 members (excludes halogenated alkanes) is 18. The molecular formula is C24H50O4S2Zn. The molecule has 0 rings (SSSR count). The Kier molecular flexibility index (Phi) is 38.8. The van der Waals surface area contributed by atoms with Crippen molar-refractivity contribution in [2.45, 2.75) is 142 Å². The molecule has 0 spiro atoms. The third kappa shape index (κ3) is 41.6. The second-order valence-corrected chi connectivity index (χ2v) is 10.4. The summed E-state index contributed by atoms with van der Waals surface area (Å²) in [6.45, 7) is 4.47. The van der Waals surface area contributed by atoms with E-state index in [0.717, 1.165) is 25.7 Å². The standard InChI is InChI=1S/2C12H26O2S.Zn/c2*1-2-3-4-5-6-7-8-9-10-11-12-15(13)14;/h2*2-12H2,1H3,(H,13,14);/q;;+2/p-2. The van der Waals surface area contributed by atoms with Gasteiger partial charge in [-0.1, -0.05) is 152 Å². The summed E-state index contributed by atoms with van der Waals surface area (Å²) in [7, 11) is 0. The van der Waals surface area contributed by atoms with Gasteiger partial charge in [0.1, 0.15) is 0 Å². The Morgan fingerprint density at radius 3 is 0.806 bits per heavy atom. The van der Waals surface area contributed by atoms with Crippen molar-refractivity contribution in [1.29, 1.82) is 0 Å². The fourth-order valence-electron chi connectivity index (χ4n) is 3.41. The smallest absolute Gasteiger partial charge is 0.772 e. The van der Waals surface area contributed by atoms with Gasteiger partial charge in [-0.05, 0) is 12.8 Å². The van der Waals surface area contributed by atoms with Crippen LogP contribution in [0.15, 0.2) is 0 Å². The summed E-state index contributed by atoms with van der Waals surface area (Å²) in [5.74, 6) is 0.688. The molecule has 0 aromatic heterocycles. The van der Waals surface area contributed by atoms with Crippen LogP contribution < -0.4 is 0 Å². The zero-order valence-corrected chi connectivity index (χ0v) is 25.3. The molecular weight excluding hydrogens is 482 g/mol. The predicted molar refractivity (Wildman–Crippen MR) is 131 cm³/mol. The van der Waals surface area contributed by atoms with Gasteiger partial charge in [-0.15, -0.1) is 0 Å². The first-order valence-electron chi connectivity index (χ1n) is 12.7. The van der Waals surface area contributed by atoms with Gasteiger partial charge in [-0.2, -0.15) is 0 Å². The van der Waals surface area contributed by atoms with E-state index in [9.17, 15) is 17.5 Å². The maximum atomic E-state index is 10.2. The molecule has 31 heavy (non-hydrogen) atoms. The Morgan fingerprint density at radius 1 is 0.419 bits per heavy atom. The third-order valence-electron chi connectivity index (χ3n) is 5.33. The predicted octanol–water partition coefficient (Wildman–Crippen LogP) is 7.57. The Morgan fingerprint density at radius 2 is 0.613 bits per heavy atom. The fraction of sp³-hybridized carbons (Fsp3) is 1.00. The van der Waals surface area contributed by atoms with Gasteiger partial charge in [-0.3, -0.25) is 8.42 Å². The van der Waals surface area contributed by atoms with E-state index >= 15 is 0 Å². The fourth-order valence-corrected chi connectivity index (χ4v) is 4.29. The van der Waals surface area contributed by atoms with Crippen molar-refractivity contribution in [2.75, 3.05) is 11.5 Å². The monoisotopic (exact) mass is 530 g/mol. The Labute approximate surface area is 212 Å². The van der Waals surface area contributed by atoms with E-state index in [2.05, 4.69) is 13.8 Å². The Balaban J connectivity index is -0.000000490. The van der Waals surface area contributed by atoms with Crippen molar-refractivity contribution in [3.05, 3.63) is 0 Å². The average Bonchev–Trinajstić information content (AvgIpc) is 2.71. The van der Waals surface area contributed by atoms with Crippen molar-refractivity contribution in [1.82, 2.24) is 0 Å². The van der Waals surface area contributed by atoms with Crippen LogP contribution in [-0.4, -0.2) is 29.0 Å². The van der Waals surface area contributed by atoms with Crippen molar-refractivity contribution in [3.63, 3.8) is 0 Å². The van der Waals surface area contributed by atoms with E-state index in [4.69, 9.17) is 0 Å². The van der Waals surface area contributed by atoms with Crippen LogP contribution >= 0.6 is 0 Å². The van der Waals surface area contributed by atoms with Crippen LogP contribution in [0.4, 0.5) is 0 Å². The zero-order chi connectivity index (χ0) is 22.7. The van der Waals surface area contributed by atoms with Gasteiger partial charge in [0, 0.05) is 11.5 Å². The van der Waals surface area contributed by atoms with Crippen LogP contribution in [0.3, 0.4) is 0 Å². The Hall–Kier alpha value is 0.843. The molecule has 0 amide bonds. The molecule has 2 unspecified atom stereocenters. The molecule has 0 aliphatic rings. The third-order valence-corrected chi connectivity index (χ3v) is 6.57. The molecule has 184 valence electrons. The van der Waals surface area contributed by atoms with Gasteiger partial charge < -0.3 is 9.11 Å². The van der Waals surface area contributed by atoms with Crippen LogP contribution in [0, 0.1) is 0 Å². The normalized spacial score (nSPS) is 12.5. The molecule has 7 heteroatoms. The second kappa shape index (κ2) is 33.0. The van der Waals surface area contributed by atoms with E-state index in [1.165, 1.54) is 103 Å². The summed E-state index contributed by atoms with van der Waals surface area (Å²) in [5, 5.41) is 0. The average molecular weight is 532 g/mol. The topological polar surface area (TPSA) is 80.3 Å². The number of rotatable bonds is 22. The zero-order valence-electron chi connectivity index (χ0n) is 20.7. The molecule has 0 aliphatic heterocycles. The van der Waals surface area contributed by atoms with Crippen molar-refractivity contribution in [2.24, 2.45) is 0 Å². The van der Waals surface area contributed by atoms with Gasteiger partial charge in [0.15, 0.2) is 0 Å². The second-order valence-electron chi connectivity index (χ2n) is 8.38. The van der Waals surface area contributed by atoms with E-state index in [1.54, 1.807) is 0 Å². The molecule has 0 saturated heterocycles. The van der Waals surface area contributed by atoms with E-state index in [-0.39, 0.29) is 19.5 Å². The van der Waals surface area contributed by atoms with Gasteiger partial charge in [0.05, 0.1) is 0 Å². The molecule has 4 nitrogen and oxygen atoms in total. The summed E-state index contributed by atoms with van der Waals surface area (Å²) in [6.07, 6.45) is 25.0. The molecule has 0 saturated carbocycles. The summed E-state index contributed by atoms with van der Waals surface area (Å²) < 4.78 is 40.9. The molecule has 0 heterocycles. The van der Waals surface area contributed by atoms with Gasteiger partial charge >= 0.3 is 19.5 Å². The summed E-state index contributed by atoms with van der Waals surface area (Å²) in [5.41, 5.74) is 0. The molecule has 0 aromatic carbocycles. The summed E-state index contributed by atoms with van der Waals surface area (Å²) >= 11 is -3.66. The minimum atomic E-state index is -1.83.